The van der Waals surface area contributed by atoms with Crippen LogP contribution in [0.1, 0.15) is 65.1 Å². The van der Waals surface area contributed by atoms with E-state index in [1.165, 1.54) is 49.1 Å². The number of tetrazole rings is 1. The molecule has 0 unspecified atom stereocenters. The third-order valence-electron chi connectivity index (χ3n) is 7.25. The third-order valence-corrected chi connectivity index (χ3v) is 7.25. The van der Waals surface area contributed by atoms with Crippen LogP contribution in [-0.2, 0) is 13.1 Å². The number of benzene rings is 3. The quantitative estimate of drug-likeness (QED) is 0.209. The molecule has 1 saturated carbocycles. The molecule has 0 aliphatic heterocycles. The van der Waals surface area contributed by atoms with Crippen molar-refractivity contribution in [2.24, 2.45) is 0 Å². The van der Waals surface area contributed by atoms with E-state index < -0.39 is 12.3 Å². The van der Waals surface area contributed by atoms with Crippen LogP contribution in [0.2, 0.25) is 0 Å². The number of nitrogens with one attached hydrogen (secondary N) is 3. The fourth-order valence-corrected chi connectivity index (χ4v) is 5.06. The summed E-state index contributed by atoms with van der Waals surface area (Å²) in [6.45, 7) is 0.302. The van der Waals surface area contributed by atoms with Crippen LogP contribution in [-0.4, -0.2) is 38.9 Å². The Kier molecular flexibility index (Phi) is 9.18. The molecule has 5 rings (SSSR count). The van der Waals surface area contributed by atoms with E-state index in [9.17, 15) is 22.8 Å². The number of halogens is 3. The van der Waals surface area contributed by atoms with Crippen molar-refractivity contribution in [2.75, 3.05) is 10.2 Å². The average Bonchev–Trinajstić information content (AvgIpc) is 3.52. The summed E-state index contributed by atoms with van der Waals surface area (Å²) in [6.07, 6.45) is 1.23. The van der Waals surface area contributed by atoms with Crippen LogP contribution in [0.15, 0.2) is 72.8 Å². The first-order chi connectivity index (χ1) is 20.7. The number of amides is 3. The Morgan fingerprint density at radius 1 is 0.907 bits per heavy atom. The second kappa shape index (κ2) is 13.4. The van der Waals surface area contributed by atoms with Gasteiger partial charge in [-0.3, -0.25) is 15.0 Å². The molecule has 3 aromatic carbocycles. The molecule has 224 valence electrons. The fourth-order valence-electron chi connectivity index (χ4n) is 5.06. The van der Waals surface area contributed by atoms with E-state index in [2.05, 4.69) is 48.1 Å². The molecule has 0 radical (unpaired) electrons. The number of alkyl halides is 3. The van der Waals surface area contributed by atoms with E-state index in [1.54, 1.807) is 29.2 Å². The van der Waals surface area contributed by atoms with Gasteiger partial charge in [0.2, 0.25) is 0 Å². The third kappa shape index (κ3) is 8.31. The molecular formula is C30H30F3N7O3. The number of aromatic nitrogens is 4. The Balaban J connectivity index is 1.29. The molecule has 0 spiro atoms. The second-order valence-corrected chi connectivity index (χ2v) is 10.2. The highest BCUT2D eigenvalue weighted by molar-refractivity contribution is 6.03. The first-order valence-electron chi connectivity index (χ1n) is 13.9. The molecule has 1 aliphatic carbocycles. The number of hydrogen-bond acceptors (Lipinski definition) is 6. The number of aromatic amines is 1. The molecule has 0 saturated heterocycles. The maximum Gasteiger partial charge on any atom is 0.573 e. The summed E-state index contributed by atoms with van der Waals surface area (Å²) >= 11 is 0. The van der Waals surface area contributed by atoms with Crippen molar-refractivity contribution in [2.45, 2.75) is 57.5 Å². The van der Waals surface area contributed by atoms with Crippen LogP contribution >= 0.6 is 0 Å². The highest BCUT2D eigenvalue weighted by Gasteiger charge is 2.31. The molecule has 0 atom stereocenters. The lowest BCUT2D eigenvalue weighted by Crippen LogP contribution is -2.39. The monoisotopic (exact) mass is 593 g/mol. The molecule has 1 aromatic heterocycles. The highest BCUT2D eigenvalue weighted by atomic mass is 19.4. The standard InChI is InChI=1S/C30H30F3N7O3/c31-30(32,33)43-26-16-8-20(9-17-26)18-34-29(42)40(25-14-12-23(13-15-25)22-4-2-1-3-5-22)19-21-6-10-24(11-7-21)27(41)35-28-36-38-39-37-28/h6-17,22H,1-5,18-19H2,(H,34,42)(H2,35,36,37,38,39,41). The first-order valence-corrected chi connectivity index (χ1v) is 13.9. The van der Waals surface area contributed by atoms with Crippen molar-refractivity contribution in [3.05, 3.63) is 95.1 Å². The number of carbonyl (C=O) groups excluding carboxylic acids is 2. The Morgan fingerprint density at radius 3 is 2.21 bits per heavy atom. The summed E-state index contributed by atoms with van der Waals surface area (Å²) in [6, 6.07) is 19.7. The molecule has 1 aliphatic rings. The molecule has 13 heteroatoms. The maximum atomic E-state index is 13.5. The predicted octanol–water partition coefficient (Wildman–Crippen LogP) is 6.31. The highest BCUT2D eigenvalue weighted by Crippen LogP contribution is 2.33. The van der Waals surface area contributed by atoms with Gasteiger partial charge in [0.1, 0.15) is 5.75 Å². The Hall–Kier alpha value is -4.94. The van der Waals surface area contributed by atoms with Gasteiger partial charge in [-0.1, -0.05) is 60.8 Å². The van der Waals surface area contributed by atoms with Crippen LogP contribution < -0.4 is 20.3 Å². The zero-order chi connectivity index (χ0) is 30.2. The molecule has 1 heterocycles. The van der Waals surface area contributed by atoms with E-state index in [-0.39, 0.29) is 30.8 Å². The Morgan fingerprint density at radius 2 is 1.58 bits per heavy atom. The van der Waals surface area contributed by atoms with E-state index in [1.807, 2.05) is 12.1 Å². The molecule has 3 N–H and O–H groups in total. The number of ether oxygens (including phenoxy) is 1. The topological polar surface area (TPSA) is 125 Å². The number of anilines is 2. The number of carbonyl (C=O) groups is 2. The van der Waals surface area contributed by atoms with E-state index in [0.717, 1.165) is 18.4 Å². The number of urea groups is 1. The summed E-state index contributed by atoms with van der Waals surface area (Å²) in [4.78, 5) is 27.5. The smallest absolute Gasteiger partial charge is 0.406 e. The fraction of sp³-hybridized carbons (Fsp3) is 0.300. The van der Waals surface area contributed by atoms with Gasteiger partial charge in [-0.15, -0.1) is 18.3 Å². The first kappa shape index (κ1) is 29.5. The molecule has 1 fully saturated rings. The van der Waals surface area contributed by atoms with E-state index >= 15 is 0 Å². The number of rotatable bonds is 9. The second-order valence-electron chi connectivity index (χ2n) is 10.2. The van der Waals surface area contributed by atoms with Crippen LogP contribution in [0.5, 0.6) is 5.75 Å². The molecule has 4 aromatic rings. The lowest BCUT2D eigenvalue weighted by molar-refractivity contribution is -0.274. The van der Waals surface area contributed by atoms with Gasteiger partial charge in [-0.2, -0.15) is 5.21 Å². The predicted molar refractivity (Wildman–Crippen MR) is 152 cm³/mol. The lowest BCUT2D eigenvalue weighted by Gasteiger charge is -2.26. The van der Waals surface area contributed by atoms with Gasteiger partial charge in [-0.25, -0.2) is 4.79 Å². The summed E-state index contributed by atoms with van der Waals surface area (Å²) in [5.74, 6) is -0.180. The van der Waals surface area contributed by atoms with Gasteiger partial charge in [-0.05, 0) is 77.1 Å². The van der Waals surface area contributed by atoms with Crippen LogP contribution in [0.4, 0.5) is 29.6 Å². The van der Waals surface area contributed by atoms with E-state index in [0.29, 0.717) is 22.7 Å². The average molecular weight is 594 g/mol. The van der Waals surface area contributed by atoms with Gasteiger partial charge in [0.15, 0.2) is 0 Å². The van der Waals surface area contributed by atoms with Crippen molar-refractivity contribution < 1.29 is 27.5 Å². The number of hydrogen-bond donors (Lipinski definition) is 3. The summed E-state index contributed by atoms with van der Waals surface area (Å²) < 4.78 is 41.4. The van der Waals surface area contributed by atoms with Crippen molar-refractivity contribution in [3.8, 4) is 5.75 Å². The van der Waals surface area contributed by atoms with Gasteiger partial charge >= 0.3 is 12.4 Å². The van der Waals surface area contributed by atoms with Crippen LogP contribution in [0.3, 0.4) is 0 Å². The SMILES string of the molecule is O=C(Nc1nn[nH]n1)c1ccc(CN(C(=O)NCc2ccc(OC(F)(F)F)cc2)c2ccc(C3CCCCC3)cc2)cc1. The Labute approximate surface area is 245 Å². The summed E-state index contributed by atoms with van der Waals surface area (Å²) in [5.41, 5.74) is 3.69. The van der Waals surface area contributed by atoms with Crippen LogP contribution in [0, 0.1) is 0 Å². The van der Waals surface area contributed by atoms with Crippen molar-refractivity contribution in [1.82, 2.24) is 25.9 Å². The molecular weight excluding hydrogens is 563 g/mol. The van der Waals surface area contributed by atoms with Crippen molar-refractivity contribution in [1.29, 1.82) is 0 Å². The summed E-state index contributed by atoms with van der Waals surface area (Å²) in [5, 5.41) is 18.5. The zero-order valence-corrected chi connectivity index (χ0v) is 23.1. The van der Waals surface area contributed by atoms with Gasteiger partial charge < -0.3 is 10.1 Å². The molecule has 0 bridgehead atoms. The minimum atomic E-state index is -4.78. The largest absolute Gasteiger partial charge is 0.573 e. The zero-order valence-electron chi connectivity index (χ0n) is 23.1. The maximum absolute atomic E-state index is 13.5. The molecule has 43 heavy (non-hydrogen) atoms. The lowest BCUT2D eigenvalue weighted by atomic mass is 9.84. The van der Waals surface area contributed by atoms with Crippen molar-refractivity contribution in [3.63, 3.8) is 0 Å². The van der Waals surface area contributed by atoms with Gasteiger partial charge in [0, 0.05) is 17.8 Å². The molecule has 3 amide bonds. The number of nitrogens with zero attached hydrogens (tertiary/aromatic N) is 4. The Bertz CT molecular complexity index is 1490. The summed E-state index contributed by atoms with van der Waals surface area (Å²) in [7, 11) is 0. The normalized spacial score (nSPS) is 13.7. The number of H-pyrrole nitrogens is 1. The van der Waals surface area contributed by atoms with Crippen molar-refractivity contribution >= 4 is 23.6 Å². The molecule has 10 nitrogen and oxygen atoms in total. The minimum absolute atomic E-state index is 0.0520. The van der Waals surface area contributed by atoms with Gasteiger partial charge in [0.25, 0.3) is 11.9 Å². The van der Waals surface area contributed by atoms with Gasteiger partial charge in [0.05, 0.1) is 6.54 Å². The van der Waals surface area contributed by atoms with Crippen LogP contribution in [0.25, 0.3) is 0 Å². The van der Waals surface area contributed by atoms with E-state index in [4.69, 9.17) is 0 Å². The minimum Gasteiger partial charge on any atom is -0.406 e.